The van der Waals surface area contributed by atoms with Crippen LogP contribution >= 0.6 is 11.3 Å². The summed E-state index contributed by atoms with van der Waals surface area (Å²) in [5.74, 6) is 0.685. The molecule has 0 bridgehead atoms. The van der Waals surface area contributed by atoms with Crippen molar-refractivity contribution >= 4 is 21.6 Å². The topological polar surface area (TPSA) is 58.6 Å². The summed E-state index contributed by atoms with van der Waals surface area (Å²) < 4.78 is 0. The Bertz CT molecular complexity index is 650. The van der Waals surface area contributed by atoms with E-state index in [0.717, 1.165) is 29.5 Å². The number of aryl methyl sites for hydroxylation is 1. The van der Waals surface area contributed by atoms with Crippen molar-refractivity contribution in [3.8, 4) is 0 Å². The SMILES string of the molecule is CC(C)(C)C1CCc2c(sc3nn[nH]c(=O)c23)C1. The van der Waals surface area contributed by atoms with Crippen molar-refractivity contribution in [3.63, 3.8) is 0 Å². The van der Waals surface area contributed by atoms with Crippen LogP contribution in [0.1, 0.15) is 37.6 Å². The molecule has 5 heteroatoms. The van der Waals surface area contributed by atoms with Gasteiger partial charge in [-0.3, -0.25) is 4.79 Å². The summed E-state index contributed by atoms with van der Waals surface area (Å²) in [6.07, 6.45) is 3.22. The fourth-order valence-corrected chi connectivity index (χ4v) is 4.03. The number of rotatable bonds is 0. The zero-order chi connectivity index (χ0) is 12.9. The van der Waals surface area contributed by atoms with Gasteiger partial charge in [0.2, 0.25) is 0 Å². The predicted octanol–water partition coefficient (Wildman–Crippen LogP) is 2.53. The number of nitrogens with one attached hydrogen (secondary N) is 1. The van der Waals surface area contributed by atoms with E-state index < -0.39 is 0 Å². The summed E-state index contributed by atoms with van der Waals surface area (Å²) in [4.78, 5) is 14.0. The molecular weight excluding hydrogens is 246 g/mol. The Balaban J connectivity index is 2.11. The summed E-state index contributed by atoms with van der Waals surface area (Å²) in [5, 5.41) is 10.9. The van der Waals surface area contributed by atoms with Crippen LogP contribution < -0.4 is 5.56 Å². The number of hydrogen-bond donors (Lipinski definition) is 1. The number of hydrogen-bond acceptors (Lipinski definition) is 4. The highest BCUT2D eigenvalue weighted by atomic mass is 32.1. The first-order chi connectivity index (χ1) is 8.47. The molecular formula is C13H17N3OS. The van der Waals surface area contributed by atoms with E-state index in [-0.39, 0.29) is 5.56 Å². The van der Waals surface area contributed by atoms with Gasteiger partial charge in [0.05, 0.1) is 5.39 Å². The lowest BCUT2D eigenvalue weighted by Gasteiger charge is -2.33. The molecule has 0 saturated heterocycles. The molecule has 1 N–H and O–H groups in total. The Labute approximate surface area is 109 Å². The van der Waals surface area contributed by atoms with Crippen LogP contribution in [0.25, 0.3) is 10.2 Å². The lowest BCUT2D eigenvalue weighted by Crippen LogP contribution is -2.26. The lowest BCUT2D eigenvalue weighted by atomic mass is 9.72. The minimum absolute atomic E-state index is 0.0910. The maximum Gasteiger partial charge on any atom is 0.276 e. The third-order valence-electron chi connectivity index (χ3n) is 3.99. The summed E-state index contributed by atoms with van der Waals surface area (Å²) in [6, 6.07) is 0. The molecule has 0 saturated carbocycles. The van der Waals surface area contributed by atoms with Crippen LogP contribution in [0.4, 0.5) is 0 Å². The molecule has 0 fully saturated rings. The highest BCUT2D eigenvalue weighted by Crippen LogP contribution is 2.41. The second-order valence-corrected chi connectivity index (χ2v) is 7.21. The molecule has 1 atom stereocenters. The van der Waals surface area contributed by atoms with E-state index >= 15 is 0 Å². The first-order valence-corrected chi connectivity index (χ1v) is 7.14. The van der Waals surface area contributed by atoms with E-state index in [0.29, 0.717) is 11.3 Å². The van der Waals surface area contributed by atoms with Crippen LogP contribution in [-0.4, -0.2) is 15.4 Å². The van der Waals surface area contributed by atoms with Crippen molar-refractivity contribution < 1.29 is 0 Å². The number of aromatic nitrogens is 3. The fourth-order valence-electron chi connectivity index (χ4n) is 2.79. The average Bonchev–Trinajstić information content (AvgIpc) is 2.66. The van der Waals surface area contributed by atoms with Crippen molar-refractivity contribution in [2.75, 3.05) is 0 Å². The molecule has 0 spiro atoms. The van der Waals surface area contributed by atoms with Gasteiger partial charge in [-0.2, -0.15) is 0 Å². The Morgan fingerprint density at radius 3 is 2.89 bits per heavy atom. The third-order valence-corrected chi connectivity index (χ3v) is 5.13. The molecule has 1 aliphatic carbocycles. The van der Waals surface area contributed by atoms with Gasteiger partial charge in [0.25, 0.3) is 5.56 Å². The lowest BCUT2D eigenvalue weighted by molar-refractivity contribution is 0.218. The molecule has 0 aromatic carbocycles. The zero-order valence-electron chi connectivity index (χ0n) is 10.9. The Hall–Kier alpha value is -1.23. The maximum absolute atomic E-state index is 11.8. The number of fused-ring (bicyclic) bond motifs is 3. The van der Waals surface area contributed by atoms with Crippen molar-refractivity contribution in [1.82, 2.24) is 15.4 Å². The maximum atomic E-state index is 11.8. The van der Waals surface area contributed by atoms with Gasteiger partial charge in [-0.1, -0.05) is 26.0 Å². The second kappa shape index (κ2) is 3.88. The molecule has 0 aliphatic heterocycles. The molecule has 1 unspecified atom stereocenters. The minimum atomic E-state index is -0.0910. The van der Waals surface area contributed by atoms with E-state index in [9.17, 15) is 4.79 Å². The smallest absolute Gasteiger partial charge is 0.267 e. The van der Waals surface area contributed by atoms with Gasteiger partial charge in [0.15, 0.2) is 4.83 Å². The van der Waals surface area contributed by atoms with Crippen LogP contribution in [0.15, 0.2) is 4.79 Å². The van der Waals surface area contributed by atoms with Gasteiger partial charge >= 0.3 is 0 Å². The number of aromatic amines is 1. The highest BCUT2D eigenvalue weighted by Gasteiger charge is 2.31. The molecule has 0 amide bonds. The van der Waals surface area contributed by atoms with Crippen molar-refractivity contribution in [1.29, 1.82) is 0 Å². The Morgan fingerprint density at radius 2 is 2.17 bits per heavy atom. The zero-order valence-corrected chi connectivity index (χ0v) is 11.7. The monoisotopic (exact) mass is 263 g/mol. The predicted molar refractivity (Wildman–Crippen MR) is 73.0 cm³/mol. The van der Waals surface area contributed by atoms with Crippen LogP contribution in [0.5, 0.6) is 0 Å². The van der Waals surface area contributed by atoms with Crippen LogP contribution in [-0.2, 0) is 12.8 Å². The van der Waals surface area contributed by atoms with Crippen LogP contribution in [0, 0.1) is 11.3 Å². The molecule has 2 aromatic rings. The van der Waals surface area contributed by atoms with E-state index in [1.54, 1.807) is 11.3 Å². The highest BCUT2D eigenvalue weighted by molar-refractivity contribution is 7.18. The molecule has 3 rings (SSSR count). The first-order valence-electron chi connectivity index (χ1n) is 6.32. The van der Waals surface area contributed by atoms with E-state index in [1.807, 2.05) is 0 Å². The number of nitrogens with zero attached hydrogens (tertiary/aromatic N) is 2. The van der Waals surface area contributed by atoms with Crippen molar-refractivity contribution in [2.45, 2.75) is 40.0 Å². The Morgan fingerprint density at radius 1 is 1.39 bits per heavy atom. The van der Waals surface area contributed by atoms with Gasteiger partial charge in [-0.15, -0.1) is 16.4 Å². The van der Waals surface area contributed by atoms with Gasteiger partial charge < -0.3 is 0 Å². The van der Waals surface area contributed by atoms with Crippen LogP contribution in [0.2, 0.25) is 0 Å². The number of H-pyrrole nitrogens is 1. The van der Waals surface area contributed by atoms with Gasteiger partial charge in [0.1, 0.15) is 0 Å². The van der Waals surface area contributed by atoms with Crippen LogP contribution in [0.3, 0.4) is 0 Å². The van der Waals surface area contributed by atoms with E-state index in [4.69, 9.17) is 0 Å². The van der Waals surface area contributed by atoms with Crippen molar-refractivity contribution in [2.24, 2.45) is 11.3 Å². The average molecular weight is 263 g/mol. The number of thiophene rings is 1. The van der Waals surface area contributed by atoms with Crippen molar-refractivity contribution in [3.05, 3.63) is 20.8 Å². The fraction of sp³-hybridized carbons (Fsp3) is 0.615. The summed E-state index contributed by atoms with van der Waals surface area (Å²) in [6.45, 7) is 6.88. The van der Waals surface area contributed by atoms with Gasteiger partial charge in [0, 0.05) is 4.88 Å². The second-order valence-electron chi connectivity index (χ2n) is 6.13. The summed E-state index contributed by atoms with van der Waals surface area (Å²) >= 11 is 1.64. The normalized spacial score (nSPS) is 20.1. The quantitative estimate of drug-likeness (QED) is 0.794. The van der Waals surface area contributed by atoms with E-state index in [1.165, 1.54) is 10.4 Å². The summed E-state index contributed by atoms with van der Waals surface area (Å²) in [7, 11) is 0. The molecule has 1 aliphatic rings. The summed E-state index contributed by atoms with van der Waals surface area (Å²) in [5.41, 5.74) is 1.45. The Kier molecular flexibility index (Phi) is 2.55. The molecule has 0 radical (unpaired) electrons. The minimum Gasteiger partial charge on any atom is -0.267 e. The third kappa shape index (κ3) is 1.77. The van der Waals surface area contributed by atoms with Gasteiger partial charge in [-0.25, -0.2) is 5.10 Å². The first kappa shape index (κ1) is 11.8. The molecule has 18 heavy (non-hydrogen) atoms. The largest absolute Gasteiger partial charge is 0.276 e. The standard InChI is InChI=1S/C13H17N3OS/c1-13(2,3)7-4-5-8-9(6-7)18-12-10(8)11(17)14-16-15-12/h7H,4-6H2,1-3H3,(H,14,15,17). The van der Waals surface area contributed by atoms with E-state index in [2.05, 4.69) is 36.2 Å². The van der Waals surface area contributed by atoms with Gasteiger partial charge in [-0.05, 0) is 36.2 Å². The molecule has 96 valence electrons. The molecule has 2 heterocycles. The molecule has 4 nitrogen and oxygen atoms in total. The molecule has 2 aromatic heterocycles.